The van der Waals surface area contributed by atoms with Crippen molar-refractivity contribution in [3.05, 3.63) is 0 Å². The summed E-state index contributed by atoms with van der Waals surface area (Å²) in [6.45, 7) is 9.58. The van der Waals surface area contributed by atoms with Crippen LogP contribution in [-0.2, 0) is 9.84 Å². The number of nitrogens with two attached hydrogens (primary N) is 1. The predicted molar refractivity (Wildman–Crippen MR) is 90.2 cm³/mol. The fourth-order valence-electron chi connectivity index (χ4n) is 3.61. The molecule has 0 aromatic carbocycles. The lowest BCUT2D eigenvalue weighted by atomic mass is 9.58. The van der Waals surface area contributed by atoms with E-state index in [0.29, 0.717) is 17.2 Å². The molecular weight excluding hydrogens is 284 g/mol. The minimum atomic E-state index is -2.77. The Labute approximate surface area is 131 Å². The summed E-state index contributed by atoms with van der Waals surface area (Å²) in [7, 11) is -2.77. The van der Waals surface area contributed by atoms with E-state index >= 15 is 0 Å². The lowest BCUT2D eigenvalue weighted by molar-refractivity contribution is -0.0859. The smallest absolute Gasteiger partial charge is 0.148 e. The maximum Gasteiger partial charge on any atom is 0.148 e. The molecule has 1 heterocycles. The first-order valence-corrected chi connectivity index (χ1v) is 10.4. The molecule has 1 saturated heterocycles. The normalized spacial score (nSPS) is 22.9. The summed E-state index contributed by atoms with van der Waals surface area (Å²) < 4.78 is 21.9. The van der Waals surface area contributed by atoms with Crippen LogP contribution in [-0.4, -0.2) is 51.0 Å². The van der Waals surface area contributed by atoms with Gasteiger partial charge < -0.3 is 10.6 Å². The van der Waals surface area contributed by atoms with Gasteiger partial charge in [0, 0.05) is 31.9 Å². The monoisotopic (exact) mass is 318 g/mol. The largest absolute Gasteiger partial charge is 0.328 e. The van der Waals surface area contributed by atoms with E-state index in [-0.39, 0.29) is 0 Å². The Morgan fingerprint density at radius 3 is 2.19 bits per heavy atom. The van der Waals surface area contributed by atoms with Crippen molar-refractivity contribution in [2.75, 3.05) is 31.6 Å². The summed E-state index contributed by atoms with van der Waals surface area (Å²) in [6.07, 6.45) is 7.53. The second-order valence-corrected chi connectivity index (χ2v) is 9.57. The van der Waals surface area contributed by atoms with E-state index in [1.54, 1.807) is 0 Å². The summed E-state index contributed by atoms with van der Waals surface area (Å²) in [5.41, 5.74) is 6.18. The van der Waals surface area contributed by atoms with Crippen LogP contribution < -0.4 is 5.73 Å². The highest BCUT2D eigenvalue weighted by molar-refractivity contribution is 7.90. The molecule has 1 aliphatic heterocycles. The standard InChI is InChI=1S/C10H19NO2S.C6H15N/c1-9-5-10(6-9)7-11(8-10)3-4-14(2,12)13;1-3-5-6(7)4-2/h9H,3-8H2,1-2H3;6H,3-5,7H2,1-2H3. The average Bonchev–Trinajstić information content (AvgIpc) is 2.30. The topological polar surface area (TPSA) is 63.4 Å². The molecule has 2 fully saturated rings. The van der Waals surface area contributed by atoms with Crippen molar-refractivity contribution in [2.45, 2.75) is 58.9 Å². The van der Waals surface area contributed by atoms with Crippen LogP contribution in [0.2, 0.25) is 0 Å². The Balaban J connectivity index is 0.000000270. The van der Waals surface area contributed by atoms with Crippen molar-refractivity contribution >= 4 is 9.84 Å². The predicted octanol–water partition coefficient (Wildman–Crippen LogP) is 2.29. The summed E-state index contributed by atoms with van der Waals surface area (Å²) >= 11 is 0. The Hall–Kier alpha value is -0.130. The molecule has 2 rings (SSSR count). The number of sulfone groups is 1. The molecule has 1 atom stereocenters. The third-order valence-corrected chi connectivity index (χ3v) is 5.57. The first-order chi connectivity index (χ1) is 9.69. The second-order valence-electron chi connectivity index (χ2n) is 7.31. The Morgan fingerprint density at radius 2 is 1.86 bits per heavy atom. The first-order valence-electron chi connectivity index (χ1n) is 8.35. The van der Waals surface area contributed by atoms with Gasteiger partial charge >= 0.3 is 0 Å². The van der Waals surface area contributed by atoms with Crippen molar-refractivity contribution in [1.82, 2.24) is 4.90 Å². The number of hydrogen-bond donors (Lipinski definition) is 1. The zero-order valence-electron chi connectivity index (χ0n) is 14.3. The van der Waals surface area contributed by atoms with Gasteiger partial charge in [-0.25, -0.2) is 8.42 Å². The molecule has 0 aromatic heterocycles. The third-order valence-electron chi connectivity index (χ3n) is 4.64. The quantitative estimate of drug-likeness (QED) is 0.816. The number of rotatable bonds is 6. The van der Waals surface area contributed by atoms with E-state index in [0.717, 1.165) is 32.0 Å². The van der Waals surface area contributed by atoms with Crippen molar-refractivity contribution in [2.24, 2.45) is 17.1 Å². The molecule has 0 bridgehead atoms. The SMILES string of the molecule is CC1CC2(C1)CN(CCS(C)(=O)=O)C2.CCCC(N)CC. The minimum absolute atomic E-state index is 0.318. The van der Waals surface area contributed by atoms with Gasteiger partial charge in [-0.15, -0.1) is 0 Å². The highest BCUT2D eigenvalue weighted by atomic mass is 32.2. The van der Waals surface area contributed by atoms with Crippen LogP contribution >= 0.6 is 0 Å². The Bertz CT molecular complexity index is 395. The third kappa shape index (κ3) is 6.66. The molecule has 1 saturated carbocycles. The number of likely N-dealkylation sites (tertiary alicyclic amines) is 1. The van der Waals surface area contributed by atoms with Gasteiger partial charge in [-0.3, -0.25) is 0 Å². The molecule has 2 N–H and O–H groups in total. The van der Waals surface area contributed by atoms with E-state index in [9.17, 15) is 8.42 Å². The van der Waals surface area contributed by atoms with Gasteiger partial charge in [0.25, 0.3) is 0 Å². The second kappa shape index (κ2) is 7.93. The molecule has 0 radical (unpaired) electrons. The molecule has 1 spiro atoms. The molecule has 126 valence electrons. The first kappa shape index (κ1) is 18.9. The van der Waals surface area contributed by atoms with Crippen LogP contribution in [0.4, 0.5) is 0 Å². The van der Waals surface area contributed by atoms with Gasteiger partial charge in [0.2, 0.25) is 0 Å². The molecule has 2 aliphatic rings. The summed E-state index contributed by atoms with van der Waals surface area (Å²) in [6, 6.07) is 0.449. The fraction of sp³-hybridized carbons (Fsp3) is 1.00. The maximum absolute atomic E-state index is 10.9. The van der Waals surface area contributed by atoms with E-state index in [1.165, 1.54) is 31.9 Å². The molecule has 0 amide bonds. The van der Waals surface area contributed by atoms with Gasteiger partial charge in [-0.1, -0.05) is 27.2 Å². The van der Waals surface area contributed by atoms with E-state index in [1.807, 2.05) is 0 Å². The fourth-order valence-corrected chi connectivity index (χ4v) is 4.20. The molecule has 0 aromatic rings. The van der Waals surface area contributed by atoms with Crippen LogP contribution in [0.1, 0.15) is 52.9 Å². The summed E-state index contributed by atoms with van der Waals surface area (Å²) in [4.78, 5) is 2.27. The van der Waals surface area contributed by atoms with Crippen LogP contribution in [0.15, 0.2) is 0 Å². The molecule has 1 unspecified atom stereocenters. The van der Waals surface area contributed by atoms with Gasteiger partial charge in [0.15, 0.2) is 0 Å². The molecule has 1 aliphatic carbocycles. The number of hydrogen-bond acceptors (Lipinski definition) is 4. The lowest BCUT2D eigenvalue weighted by Crippen LogP contribution is -2.62. The molecule has 21 heavy (non-hydrogen) atoms. The van der Waals surface area contributed by atoms with E-state index < -0.39 is 9.84 Å². The number of nitrogens with zero attached hydrogens (tertiary/aromatic N) is 1. The van der Waals surface area contributed by atoms with Crippen LogP contribution in [0, 0.1) is 11.3 Å². The maximum atomic E-state index is 10.9. The van der Waals surface area contributed by atoms with Gasteiger partial charge in [0.05, 0.1) is 5.75 Å². The zero-order valence-corrected chi connectivity index (χ0v) is 15.1. The Morgan fingerprint density at radius 1 is 1.29 bits per heavy atom. The van der Waals surface area contributed by atoms with Crippen molar-refractivity contribution < 1.29 is 8.42 Å². The van der Waals surface area contributed by atoms with Crippen LogP contribution in [0.5, 0.6) is 0 Å². The van der Waals surface area contributed by atoms with Crippen molar-refractivity contribution in [3.63, 3.8) is 0 Å². The molecular formula is C16H34N2O2S. The van der Waals surface area contributed by atoms with Gasteiger partial charge in [0.1, 0.15) is 9.84 Å². The van der Waals surface area contributed by atoms with E-state index in [4.69, 9.17) is 5.73 Å². The van der Waals surface area contributed by atoms with Gasteiger partial charge in [-0.05, 0) is 37.0 Å². The van der Waals surface area contributed by atoms with Crippen molar-refractivity contribution in [3.8, 4) is 0 Å². The average molecular weight is 319 g/mol. The van der Waals surface area contributed by atoms with Crippen LogP contribution in [0.3, 0.4) is 0 Å². The van der Waals surface area contributed by atoms with Gasteiger partial charge in [-0.2, -0.15) is 0 Å². The lowest BCUT2D eigenvalue weighted by Gasteiger charge is -2.58. The zero-order chi connectivity index (χ0) is 16.1. The van der Waals surface area contributed by atoms with Crippen LogP contribution in [0.25, 0.3) is 0 Å². The highest BCUT2D eigenvalue weighted by Crippen LogP contribution is 2.51. The summed E-state index contributed by atoms with van der Waals surface area (Å²) in [5.74, 6) is 1.21. The molecule has 5 heteroatoms. The van der Waals surface area contributed by atoms with E-state index in [2.05, 4.69) is 25.7 Å². The highest BCUT2D eigenvalue weighted by Gasteiger charge is 2.50. The minimum Gasteiger partial charge on any atom is -0.328 e. The summed E-state index contributed by atoms with van der Waals surface area (Å²) in [5, 5.41) is 0. The molecule has 4 nitrogen and oxygen atoms in total. The Kier molecular flexibility index (Phi) is 7.14. The van der Waals surface area contributed by atoms with Crippen molar-refractivity contribution in [1.29, 1.82) is 0 Å².